The molecule has 0 bridgehead atoms. The molecule has 0 saturated heterocycles. The van der Waals surface area contributed by atoms with Gasteiger partial charge in [-0.3, -0.25) is 14.4 Å². The fourth-order valence-electron chi connectivity index (χ4n) is 9.00. The van der Waals surface area contributed by atoms with E-state index < -0.39 is 6.10 Å². The van der Waals surface area contributed by atoms with E-state index >= 15 is 0 Å². The minimum Gasteiger partial charge on any atom is -0.462 e. The summed E-state index contributed by atoms with van der Waals surface area (Å²) in [5.74, 6) is 1.65. The van der Waals surface area contributed by atoms with Gasteiger partial charge in [0.25, 0.3) is 0 Å². The normalized spacial score (nSPS) is 12.1. The summed E-state index contributed by atoms with van der Waals surface area (Å²) < 4.78 is 16.9. The lowest BCUT2D eigenvalue weighted by molar-refractivity contribution is -0.167. The van der Waals surface area contributed by atoms with E-state index in [1.165, 1.54) is 205 Å². The van der Waals surface area contributed by atoms with Crippen LogP contribution in [0.25, 0.3) is 0 Å². The van der Waals surface area contributed by atoms with E-state index in [1.54, 1.807) is 0 Å². The second-order valence-electron chi connectivity index (χ2n) is 21.7. The molecule has 65 heavy (non-hydrogen) atoms. The lowest BCUT2D eigenvalue weighted by Crippen LogP contribution is -2.30. The monoisotopic (exact) mass is 919 g/mol. The van der Waals surface area contributed by atoms with E-state index in [4.69, 9.17) is 14.2 Å². The molecule has 6 nitrogen and oxygen atoms in total. The van der Waals surface area contributed by atoms with E-state index in [-0.39, 0.29) is 31.1 Å². The van der Waals surface area contributed by atoms with E-state index in [0.717, 1.165) is 75.5 Å². The first-order valence-corrected chi connectivity index (χ1v) is 29.1. The summed E-state index contributed by atoms with van der Waals surface area (Å²) in [5.41, 5.74) is 0. The summed E-state index contributed by atoms with van der Waals surface area (Å²) >= 11 is 0. The van der Waals surface area contributed by atoms with Crippen LogP contribution in [0.3, 0.4) is 0 Å². The van der Waals surface area contributed by atoms with Crippen molar-refractivity contribution in [1.29, 1.82) is 0 Å². The molecule has 1 atom stereocenters. The van der Waals surface area contributed by atoms with Gasteiger partial charge in [-0.05, 0) is 37.0 Å². The van der Waals surface area contributed by atoms with Crippen molar-refractivity contribution in [3.63, 3.8) is 0 Å². The van der Waals surface area contributed by atoms with Gasteiger partial charge in [0.2, 0.25) is 0 Å². The number of ether oxygens (including phenoxy) is 3. The Bertz CT molecular complexity index is 1010. The predicted molar refractivity (Wildman–Crippen MR) is 279 cm³/mol. The van der Waals surface area contributed by atoms with Gasteiger partial charge in [-0.25, -0.2) is 0 Å². The highest BCUT2D eigenvalue weighted by molar-refractivity contribution is 5.71. The minimum atomic E-state index is -0.764. The highest BCUT2D eigenvalue weighted by Crippen LogP contribution is 2.18. The average molecular weight is 920 g/mol. The molecule has 0 aliphatic heterocycles. The topological polar surface area (TPSA) is 78.9 Å². The molecule has 0 radical (unpaired) electrons. The number of hydrogen-bond donors (Lipinski definition) is 0. The van der Waals surface area contributed by atoms with Crippen molar-refractivity contribution in [2.75, 3.05) is 13.2 Å². The van der Waals surface area contributed by atoms with Crippen molar-refractivity contribution in [3.8, 4) is 0 Å². The third-order valence-electron chi connectivity index (χ3n) is 13.4. The lowest BCUT2D eigenvalue weighted by Gasteiger charge is -2.18. The van der Waals surface area contributed by atoms with Crippen molar-refractivity contribution in [2.24, 2.45) is 17.8 Å². The van der Waals surface area contributed by atoms with Gasteiger partial charge in [-0.15, -0.1) is 0 Å². The Kier molecular flexibility index (Phi) is 49.1. The zero-order valence-corrected chi connectivity index (χ0v) is 44.8. The summed E-state index contributed by atoms with van der Waals surface area (Å²) in [5, 5.41) is 0. The Hall–Kier alpha value is -1.59. The molecule has 0 N–H and O–H groups in total. The first-order valence-electron chi connectivity index (χ1n) is 29.1. The third-order valence-corrected chi connectivity index (χ3v) is 13.4. The maximum Gasteiger partial charge on any atom is 0.306 e. The Morgan fingerprint density at radius 1 is 0.262 bits per heavy atom. The van der Waals surface area contributed by atoms with Crippen LogP contribution in [0, 0.1) is 17.8 Å². The lowest BCUT2D eigenvalue weighted by atomic mass is 10.0. The molecule has 0 saturated carbocycles. The molecule has 0 rings (SSSR count). The molecular weight excluding hydrogens is 805 g/mol. The zero-order chi connectivity index (χ0) is 47.7. The Morgan fingerprint density at radius 3 is 0.662 bits per heavy atom. The van der Waals surface area contributed by atoms with Crippen molar-refractivity contribution >= 4 is 17.9 Å². The van der Waals surface area contributed by atoms with E-state index in [2.05, 4.69) is 41.5 Å². The number of hydrogen-bond acceptors (Lipinski definition) is 6. The van der Waals surface area contributed by atoms with E-state index in [9.17, 15) is 14.4 Å². The molecule has 0 amide bonds. The van der Waals surface area contributed by atoms with Crippen LogP contribution in [0.1, 0.15) is 324 Å². The van der Waals surface area contributed by atoms with Gasteiger partial charge in [0.15, 0.2) is 6.10 Å². The Morgan fingerprint density at radius 2 is 0.446 bits per heavy atom. The van der Waals surface area contributed by atoms with Crippen molar-refractivity contribution in [1.82, 2.24) is 0 Å². The molecule has 0 spiro atoms. The number of esters is 3. The maximum absolute atomic E-state index is 12.9. The Balaban J connectivity index is 4.26. The summed E-state index contributed by atoms with van der Waals surface area (Å²) in [4.78, 5) is 38.1. The molecule has 0 aromatic rings. The van der Waals surface area contributed by atoms with Crippen LogP contribution >= 0.6 is 0 Å². The summed E-state index contributed by atoms with van der Waals surface area (Å²) in [6, 6.07) is 0. The summed E-state index contributed by atoms with van der Waals surface area (Å²) in [6.07, 6.45) is 52.4. The summed E-state index contributed by atoms with van der Waals surface area (Å²) in [7, 11) is 0. The summed E-state index contributed by atoms with van der Waals surface area (Å²) in [6.45, 7) is 13.7. The first-order chi connectivity index (χ1) is 31.6. The smallest absolute Gasteiger partial charge is 0.306 e. The molecular formula is C59H114O6. The molecule has 0 fully saturated rings. The molecule has 0 aliphatic carbocycles. The average Bonchev–Trinajstić information content (AvgIpc) is 3.26. The van der Waals surface area contributed by atoms with Gasteiger partial charge in [-0.2, -0.15) is 0 Å². The van der Waals surface area contributed by atoms with Gasteiger partial charge < -0.3 is 14.2 Å². The van der Waals surface area contributed by atoms with Gasteiger partial charge in [-0.1, -0.05) is 286 Å². The third kappa shape index (κ3) is 53.2. The molecule has 0 aliphatic rings. The highest BCUT2D eigenvalue weighted by atomic mass is 16.6. The first kappa shape index (κ1) is 63.4. The minimum absolute atomic E-state index is 0.0638. The second-order valence-corrected chi connectivity index (χ2v) is 21.7. The van der Waals surface area contributed by atoms with Crippen molar-refractivity contribution in [2.45, 2.75) is 330 Å². The fourth-order valence-corrected chi connectivity index (χ4v) is 9.00. The fraction of sp³-hybridized carbons (Fsp3) is 0.949. The molecule has 0 aromatic carbocycles. The van der Waals surface area contributed by atoms with E-state index in [0.29, 0.717) is 19.3 Å². The standard InChI is InChI=1S/C59H114O6/c1-53(2)45-39-33-27-21-17-13-9-7-8-10-16-20-24-32-38-44-50-59(62)65-56(52-64-58(61)49-43-37-31-26-25-29-35-41-47-55(5)6)51-63-57(60)48-42-36-30-23-19-15-12-11-14-18-22-28-34-40-46-54(3)4/h53-56H,7-52H2,1-6H3/t56-/m1/s1. The predicted octanol–water partition coefficient (Wildman–Crippen LogP) is 19.1. The van der Waals surface area contributed by atoms with Crippen LogP contribution in [-0.2, 0) is 28.6 Å². The molecule has 0 aromatic heterocycles. The zero-order valence-electron chi connectivity index (χ0n) is 44.8. The molecule has 386 valence electrons. The number of unbranched alkanes of at least 4 members (excludes halogenated alkanes) is 35. The highest BCUT2D eigenvalue weighted by Gasteiger charge is 2.19. The largest absolute Gasteiger partial charge is 0.462 e. The van der Waals surface area contributed by atoms with Gasteiger partial charge in [0.05, 0.1) is 0 Å². The number of carbonyl (C=O) groups is 3. The molecule has 6 heteroatoms. The van der Waals surface area contributed by atoms with Crippen LogP contribution in [0.15, 0.2) is 0 Å². The van der Waals surface area contributed by atoms with Gasteiger partial charge in [0.1, 0.15) is 13.2 Å². The molecule has 0 unspecified atom stereocenters. The van der Waals surface area contributed by atoms with Gasteiger partial charge >= 0.3 is 17.9 Å². The van der Waals surface area contributed by atoms with Crippen molar-refractivity contribution < 1.29 is 28.6 Å². The number of carbonyl (C=O) groups excluding carboxylic acids is 3. The quantitative estimate of drug-likeness (QED) is 0.0344. The van der Waals surface area contributed by atoms with Crippen LogP contribution in [0.5, 0.6) is 0 Å². The molecule has 0 heterocycles. The second kappa shape index (κ2) is 50.3. The Labute approximate surface area is 406 Å². The van der Waals surface area contributed by atoms with Gasteiger partial charge in [0, 0.05) is 19.3 Å². The SMILES string of the molecule is CC(C)CCCCCCCCCCCCCCCCCCC(=O)O[C@H](COC(=O)CCCCCCCCCCCCCCCCC(C)C)COC(=O)CCCCCCCCCCC(C)C. The number of rotatable bonds is 52. The van der Waals surface area contributed by atoms with Crippen LogP contribution < -0.4 is 0 Å². The van der Waals surface area contributed by atoms with E-state index in [1.807, 2.05) is 0 Å². The van der Waals surface area contributed by atoms with Crippen LogP contribution in [0.4, 0.5) is 0 Å². The maximum atomic E-state index is 12.9. The van der Waals surface area contributed by atoms with Crippen LogP contribution in [0.2, 0.25) is 0 Å². The van der Waals surface area contributed by atoms with Crippen LogP contribution in [-0.4, -0.2) is 37.2 Å². The van der Waals surface area contributed by atoms with Crippen molar-refractivity contribution in [3.05, 3.63) is 0 Å².